The van der Waals surface area contributed by atoms with Crippen LogP contribution in [0, 0.1) is 11.3 Å². The van der Waals surface area contributed by atoms with Crippen LogP contribution in [0.15, 0.2) is 23.2 Å². The molecule has 1 saturated carbocycles. The highest BCUT2D eigenvalue weighted by Crippen LogP contribution is 2.38. The lowest BCUT2D eigenvalue weighted by Gasteiger charge is -2.40. The minimum absolute atomic E-state index is 0.0214. The van der Waals surface area contributed by atoms with E-state index in [-0.39, 0.29) is 21.5 Å². The van der Waals surface area contributed by atoms with E-state index in [0.717, 1.165) is 25.7 Å². The molecule has 6 heteroatoms. The number of hydrogen-bond donors (Lipinski definition) is 1. The van der Waals surface area contributed by atoms with E-state index in [1.807, 2.05) is 0 Å². The summed E-state index contributed by atoms with van der Waals surface area (Å²) in [5.41, 5.74) is 0.0757. The van der Waals surface area contributed by atoms with Crippen molar-refractivity contribution in [3.8, 4) is 0 Å². The number of sulfonamides is 1. The van der Waals surface area contributed by atoms with Gasteiger partial charge in [0.25, 0.3) is 0 Å². The third-order valence-corrected chi connectivity index (χ3v) is 6.13. The molecule has 118 valence electrons. The summed E-state index contributed by atoms with van der Waals surface area (Å²) in [5.74, 6) is 0.330. The van der Waals surface area contributed by atoms with E-state index >= 15 is 0 Å². The van der Waals surface area contributed by atoms with Crippen LogP contribution in [0.25, 0.3) is 0 Å². The van der Waals surface area contributed by atoms with Crippen LogP contribution < -0.4 is 4.72 Å². The molecule has 1 aromatic heterocycles. The second-order valence-electron chi connectivity index (χ2n) is 6.78. The van der Waals surface area contributed by atoms with E-state index in [4.69, 9.17) is 11.6 Å². The van der Waals surface area contributed by atoms with Gasteiger partial charge in [0, 0.05) is 12.2 Å². The molecular weight excluding hydrogens is 308 g/mol. The van der Waals surface area contributed by atoms with Gasteiger partial charge in [-0.15, -0.1) is 0 Å². The first-order chi connectivity index (χ1) is 9.72. The zero-order valence-corrected chi connectivity index (χ0v) is 14.3. The average molecular weight is 331 g/mol. The van der Waals surface area contributed by atoms with E-state index in [1.54, 1.807) is 6.07 Å². The number of pyridine rings is 1. The maximum absolute atomic E-state index is 12.6. The van der Waals surface area contributed by atoms with Crippen molar-refractivity contribution in [2.75, 3.05) is 0 Å². The van der Waals surface area contributed by atoms with E-state index in [0.29, 0.717) is 5.92 Å². The lowest BCUT2D eigenvalue weighted by molar-refractivity contribution is 0.144. The monoisotopic (exact) mass is 330 g/mol. The van der Waals surface area contributed by atoms with Crippen LogP contribution >= 0.6 is 11.6 Å². The highest BCUT2D eigenvalue weighted by molar-refractivity contribution is 7.89. The number of nitrogens with zero attached hydrogens (tertiary/aromatic N) is 1. The molecule has 1 aromatic rings. The Hall–Kier alpha value is -0.650. The molecule has 0 saturated heterocycles. The summed E-state index contributed by atoms with van der Waals surface area (Å²) in [6.45, 7) is 6.50. The van der Waals surface area contributed by atoms with E-state index < -0.39 is 10.0 Å². The van der Waals surface area contributed by atoms with Gasteiger partial charge in [-0.1, -0.05) is 45.2 Å². The number of halogens is 1. The highest BCUT2D eigenvalue weighted by atomic mass is 35.5. The van der Waals surface area contributed by atoms with Crippen LogP contribution in [0.4, 0.5) is 0 Å². The molecule has 1 aliphatic carbocycles. The molecule has 2 atom stereocenters. The van der Waals surface area contributed by atoms with Gasteiger partial charge in [0.2, 0.25) is 10.0 Å². The molecule has 4 nitrogen and oxygen atoms in total. The molecule has 2 rings (SSSR count). The molecule has 1 N–H and O–H groups in total. The minimum Gasteiger partial charge on any atom is -0.243 e. The zero-order chi connectivity index (χ0) is 15.7. The maximum Gasteiger partial charge on any atom is 0.243 e. The second kappa shape index (κ2) is 6.23. The van der Waals surface area contributed by atoms with Crippen LogP contribution in [0.3, 0.4) is 0 Å². The predicted molar refractivity (Wildman–Crippen MR) is 84.8 cm³/mol. The zero-order valence-electron chi connectivity index (χ0n) is 12.8. The molecule has 1 aliphatic rings. The first-order valence-corrected chi connectivity index (χ1v) is 9.21. The third-order valence-electron chi connectivity index (χ3n) is 4.20. The normalized spacial score (nSPS) is 24.0. The predicted octanol–water partition coefficient (Wildman–Crippen LogP) is 3.62. The fraction of sp³-hybridized carbons (Fsp3) is 0.667. The number of hydrogen-bond acceptors (Lipinski definition) is 3. The van der Waals surface area contributed by atoms with E-state index in [2.05, 4.69) is 30.5 Å². The smallest absolute Gasteiger partial charge is 0.243 e. The number of nitrogens with one attached hydrogen (secondary N) is 1. The Morgan fingerprint density at radius 2 is 1.95 bits per heavy atom. The average Bonchev–Trinajstić information content (AvgIpc) is 2.38. The standard InChI is InChI=1S/C15H23ClN2O2S/c1-15(2,3)11-7-4-5-8-12(11)18-21(19,20)13-9-6-10-17-14(13)16/h6,9-12,18H,4-5,7-8H2,1-3H3. The Balaban J connectivity index is 2.25. The fourth-order valence-electron chi connectivity index (χ4n) is 3.14. The SMILES string of the molecule is CC(C)(C)C1CCCCC1NS(=O)(=O)c1cccnc1Cl. The van der Waals surface area contributed by atoms with Crippen molar-refractivity contribution in [1.82, 2.24) is 9.71 Å². The largest absolute Gasteiger partial charge is 0.243 e. The molecule has 0 aliphatic heterocycles. The molecule has 0 spiro atoms. The van der Waals surface area contributed by atoms with E-state index in [1.165, 1.54) is 12.3 Å². The van der Waals surface area contributed by atoms with Gasteiger partial charge in [-0.3, -0.25) is 0 Å². The van der Waals surface area contributed by atoms with E-state index in [9.17, 15) is 8.42 Å². The third kappa shape index (κ3) is 3.96. The molecule has 0 amide bonds. The van der Waals surface area contributed by atoms with Crippen molar-refractivity contribution < 1.29 is 8.42 Å². The van der Waals surface area contributed by atoms with Crippen LogP contribution in [0.2, 0.25) is 5.15 Å². The molecule has 0 radical (unpaired) electrons. The molecule has 0 aromatic carbocycles. The van der Waals surface area contributed by atoms with Gasteiger partial charge >= 0.3 is 0 Å². The Kier molecular flexibility index (Phi) is 4.96. The fourth-order valence-corrected chi connectivity index (χ4v) is 4.91. The lowest BCUT2D eigenvalue weighted by atomic mass is 9.70. The summed E-state index contributed by atoms with van der Waals surface area (Å²) in [4.78, 5) is 3.91. The van der Waals surface area contributed by atoms with Crippen molar-refractivity contribution >= 4 is 21.6 Å². The molecule has 0 bridgehead atoms. The topological polar surface area (TPSA) is 59.1 Å². The van der Waals surface area contributed by atoms with Crippen LogP contribution in [0.1, 0.15) is 46.5 Å². The Labute approximate surface area is 132 Å². The van der Waals surface area contributed by atoms with Crippen molar-refractivity contribution in [1.29, 1.82) is 0 Å². The molecule has 1 heterocycles. The molecule has 21 heavy (non-hydrogen) atoms. The van der Waals surface area contributed by atoms with Crippen molar-refractivity contribution in [3.63, 3.8) is 0 Å². The Morgan fingerprint density at radius 1 is 1.29 bits per heavy atom. The quantitative estimate of drug-likeness (QED) is 0.861. The van der Waals surface area contributed by atoms with Gasteiger partial charge in [-0.05, 0) is 36.3 Å². The number of aromatic nitrogens is 1. The van der Waals surface area contributed by atoms with Gasteiger partial charge in [-0.2, -0.15) is 0 Å². The lowest BCUT2D eigenvalue weighted by Crippen LogP contribution is -2.46. The summed E-state index contributed by atoms with van der Waals surface area (Å²) >= 11 is 5.92. The van der Waals surface area contributed by atoms with Crippen LogP contribution in [-0.4, -0.2) is 19.4 Å². The number of rotatable bonds is 3. The van der Waals surface area contributed by atoms with Crippen LogP contribution in [0.5, 0.6) is 0 Å². The van der Waals surface area contributed by atoms with Gasteiger partial charge in [0.1, 0.15) is 10.0 Å². The van der Waals surface area contributed by atoms with Crippen molar-refractivity contribution in [2.24, 2.45) is 11.3 Å². The van der Waals surface area contributed by atoms with Gasteiger partial charge < -0.3 is 0 Å². The molecular formula is C15H23ClN2O2S. The highest BCUT2D eigenvalue weighted by Gasteiger charge is 2.36. The second-order valence-corrected chi connectivity index (χ2v) is 8.82. The summed E-state index contributed by atoms with van der Waals surface area (Å²) in [7, 11) is -3.63. The molecule has 1 fully saturated rings. The Bertz CT molecular complexity index is 596. The van der Waals surface area contributed by atoms with Gasteiger partial charge in [0.15, 0.2) is 0 Å². The first kappa shape index (κ1) is 16.7. The summed E-state index contributed by atoms with van der Waals surface area (Å²) in [6, 6.07) is 3.04. The van der Waals surface area contributed by atoms with Gasteiger partial charge in [0.05, 0.1) is 0 Å². The maximum atomic E-state index is 12.6. The Morgan fingerprint density at radius 3 is 2.57 bits per heavy atom. The summed E-state index contributed by atoms with van der Waals surface area (Å²) in [6.07, 6.45) is 5.63. The van der Waals surface area contributed by atoms with Crippen LogP contribution in [-0.2, 0) is 10.0 Å². The summed E-state index contributed by atoms with van der Waals surface area (Å²) in [5, 5.41) is 0.0214. The van der Waals surface area contributed by atoms with Crippen molar-refractivity contribution in [3.05, 3.63) is 23.5 Å². The van der Waals surface area contributed by atoms with Crippen molar-refractivity contribution in [2.45, 2.75) is 57.4 Å². The molecule has 2 unspecified atom stereocenters. The first-order valence-electron chi connectivity index (χ1n) is 7.34. The minimum atomic E-state index is -3.63. The van der Waals surface area contributed by atoms with Gasteiger partial charge in [-0.25, -0.2) is 18.1 Å². The summed E-state index contributed by atoms with van der Waals surface area (Å²) < 4.78 is 28.0.